The van der Waals surface area contributed by atoms with E-state index in [1.165, 1.54) is 30.7 Å². The number of hydrogen-bond acceptors (Lipinski definition) is 7. The van der Waals surface area contributed by atoms with Crippen LogP contribution in [0.25, 0.3) is 0 Å². The number of benzene rings is 1. The Hall–Kier alpha value is -2.39. The molecule has 1 saturated heterocycles. The van der Waals surface area contributed by atoms with Gasteiger partial charge in [-0.05, 0) is 25.0 Å². The third-order valence-corrected chi connectivity index (χ3v) is 6.12. The number of nitrogens with zero attached hydrogens (tertiary/aromatic N) is 3. The van der Waals surface area contributed by atoms with E-state index in [9.17, 15) is 8.42 Å². The first-order valence-electron chi connectivity index (χ1n) is 8.19. The molecule has 1 aromatic heterocycles. The molecule has 1 fully saturated rings. The molecule has 0 spiro atoms. The molecule has 0 unspecified atom stereocenters. The Morgan fingerprint density at radius 2 is 1.81 bits per heavy atom. The van der Waals surface area contributed by atoms with Crippen molar-refractivity contribution < 1.29 is 22.6 Å². The highest BCUT2D eigenvalue weighted by molar-refractivity contribution is 7.89. The Balaban J connectivity index is 1.68. The molecule has 0 N–H and O–H groups in total. The van der Waals surface area contributed by atoms with Crippen LogP contribution in [0.5, 0.6) is 17.4 Å². The van der Waals surface area contributed by atoms with Crippen molar-refractivity contribution in [2.75, 3.05) is 27.3 Å². The lowest BCUT2D eigenvalue weighted by molar-refractivity contribution is 0.129. The van der Waals surface area contributed by atoms with Gasteiger partial charge in [-0.1, -0.05) is 0 Å². The molecule has 2 aromatic rings. The fourth-order valence-electron chi connectivity index (χ4n) is 2.83. The molecule has 1 aromatic carbocycles. The first-order valence-corrected chi connectivity index (χ1v) is 9.63. The normalized spacial score (nSPS) is 16.2. The van der Waals surface area contributed by atoms with Gasteiger partial charge in [0.2, 0.25) is 15.9 Å². The standard InChI is InChI=1S/C17H21N3O5S/c1-23-15-4-3-14(11-16(15)24-2)26(21,22)20-9-5-13(6-10-20)25-17-12-18-7-8-19-17/h3-4,7-8,11-13H,5-6,9-10H2,1-2H3. The van der Waals surface area contributed by atoms with Gasteiger partial charge in [0.25, 0.3) is 0 Å². The van der Waals surface area contributed by atoms with Crippen molar-refractivity contribution in [2.24, 2.45) is 0 Å². The Morgan fingerprint density at radius 3 is 2.42 bits per heavy atom. The molecule has 26 heavy (non-hydrogen) atoms. The minimum atomic E-state index is -3.60. The Labute approximate surface area is 152 Å². The van der Waals surface area contributed by atoms with Crippen LogP contribution < -0.4 is 14.2 Å². The highest BCUT2D eigenvalue weighted by Crippen LogP contribution is 2.31. The second-order valence-electron chi connectivity index (χ2n) is 5.78. The Bertz CT molecular complexity index is 837. The van der Waals surface area contributed by atoms with E-state index in [0.29, 0.717) is 43.3 Å². The maximum Gasteiger partial charge on any atom is 0.243 e. The maximum atomic E-state index is 12.9. The molecule has 0 saturated carbocycles. The molecule has 0 bridgehead atoms. The largest absolute Gasteiger partial charge is 0.493 e. The number of aromatic nitrogens is 2. The van der Waals surface area contributed by atoms with Crippen molar-refractivity contribution >= 4 is 10.0 Å². The summed E-state index contributed by atoms with van der Waals surface area (Å²) in [5.41, 5.74) is 0. The van der Waals surface area contributed by atoms with E-state index >= 15 is 0 Å². The van der Waals surface area contributed by atoms with E-state index in [-0.39, 0.29) is 11.0 Å². The molecule has 0 atom stereocenters. The van der Waals surface area contributed by atoms with Crippen LogP contribution in [0, 0.1) is 0 Å². The summed E-state index contributed by atoms with van der Waals surface area (Å²) in [6.07, 6.45) is 5.78. The topological polar surface area (TPSA) is 90.9 Å². The van der Waals surface area contributed by atoms with Gasteiger partial charge in [0, 0.05) is 31.5 Å². The van der Waals surface area contributed by atoms with Crippen LogP contribution >= 0.6 is 0 Å². The van der Waals surface area contributed by atoms with Crippen molar-refractivity contribution in [1.29, 1.82) is 0 Å². The first-order chi connectivity index (χ1) is 12.5. The Kier molecular flexibility index (Phi) is 5.58. The average molecular weight is 379 g/mol. The lowest BCUT2D eigenvalue weighted by Crippen LogP contribution is -2.41. The van der Waals surface area contributed by atoms with Crippen LogP contribution in [-0.2, 0) is 10.0 Å². The summed E-state index contributed by atoms with van der Waals surface area (Å²) in [5.74, 6) is 1.32. The zero-order chi connectivity index (χ0) is 18.6. The van der Waals surface area contributed by atoms with E-state index in [2.05, 4.69) is 9.97 Å². The van der Waals surface area contributed by atoms with Crippen molar-refractivity contribution in [3.05, 3.63) is 36.8 Å². The highest BCUT2D eigenvalue weighted by Gasteiger charge is 2.31. The fraction of sp³-hybridized carbons (Fsp3) is 0.412. The van der Waals surface area contributed by atoms with Crippen molar-refractivity contribution in [2.45, 2.75) is 23.8 Å². The number of rotatable bonds is 6. The van der Waals surface area contributed by atoms with Gasteiger partial charge in [0.05, 0.1) is 25.3 Å². The molecule has 1 aliphatic rings. The molecule has 140 valence electrons. The minimum Gasteiger partial charge on any atom is -0.493 e. The van der Waals surface area contributed by atoms with Crippen LogP contribution in [0.3, 0.4) is 0 Å². The van der Waals surface area contributed by atoms with Crippen molar-refractivity contribution in [3.8, 4) is 17.4 Å². The van der Waals surface area contributed by atoms with E-state index in [1.807, 2.05) is 0 Å². The van der Waals surface area contributed by atoms with E-state index in [4.69, 9.17) is 14.2 Å². The van der Waals surface area contributed by atoms with Gasteiger partial charge >= 0.3 is 0 Å². The third-order valence-electron chi connectivity index (χ3n) is 4.22. The summed E-state index contributed by atoms with van der Waals surface area (Å²) in [6, 6.07) is 4.60. The molecule has 0 aliphatic carbocycles. The fourth-order valence-corrected chi connectivity index (χ4v) is 4.32. The summed E-state index contributed by atoms with van der Waals surface area (Å²) >= 11 is 0. The predicted molar refractivity (Wildman–Crippen MR) is 94.0 cm³/mol. The van der Waals surface area contributed by atoms with Crippen LogP contribution in [0.15, 0.2) is 41.7 Å². The van der Waals surface area contributed by atoms with E-state index in [0.717, 1.165) is 0 Å². The molecule has 3 rings (SSSR count). The van der Waals surface area contributed by atoms with E-state index < -0.39 is 10.0 Å². The van der Waals surface area contributed by atoms with Gasteiger partial charge in [-0.25, -0.2) is 13.4 Å². The van der Waals surface area contributed by atoms with Crippen molar-refractivity contribution in [3.63, 3.8) is 0 Å². The first kappa shape index (κ1) is 18.4. The lowest BCUT2D eigenvalue weighted by Gasteiger charge is -2.31. The second kappa shape index (κ2) is 7.88. The minimum absolute atomic E-state index is 0.0800. The van der Waals surface area contributed by atoms with Crippen molar-refractivity contribution in [1.82, 2.24) is 14.3 Å². The number of sulfonamides is 1. The molecule has 2 heterocycles. The van der Waals surface area contributed by atoms with Gasteiger partial charge in [-0.2, -0.15) is 4.31 Å². The van der Waals surface area contributed by atoms with Gasteiger partial charge in [0.1, 0.15) is 6.10 Å². The van der Waals surface area contributed by atoms with Crippen LogP contribution in [0.2, 0.25) is 0 Å². The lowest BCUT2D eigenvalue weighted by atomic mass is 10.1. The molecule has 1 aliphatic heterocycles. The number of piperidine rings is 1. The summed E-state index contributed by atoms with van der Waals surface area (Å²) in [5, 5.41) is 0. The SMILES string of the molecule is COc1ccc(S(=O)(=O)N2CCC(Oc3cnccn3)CC2)cc1OC. The van der Waals surface area contributed by atoms with Gasteiger partial charge in [-0.3, -0.25) is 4.98 Å². The Morgan fingerprint density at radius 1 is 1.08 bits per heavy atom. The third kappa shape index (κ3) is 3.88. The van der Waals surface area contributed by atoms with Gasteiger partial charge < -0.3 is 14.2 Å². The predicted octanol–water partition coefficient (Wildman–Crippen LogP) is 1.73. The van der Waals surface area contributed by atoms with Crippen LogP contribution in [0.1, 0.15) is 12.8 Å². The number of ether oxygens (including phenoxy) is 3. The van der Waals surface area contributed by atoms with Crippen LogP contribution in [0.4, 0.5) is 0 Å². The summed E-state index contributed by atoms with van der Waals surface area (Å²) in [7, 11) is -0.618. The molecule has 0 amide bonds. The second-order valence-corrected chi connectivity index (χ2v) is 7.72. The number of methoxy groups -OCH3 is 2. The molecular formula is C17H21N3O5S. The smallest absolute Gasteiger partial charge is 0.243 e. The number of hydrogen-bond donors (Lipinski definition) is 0. The zero-order valence-electron chi connectivity index (χ0n) is 14.7. The van der Waals surface area contributed by atoms with Gasteiger partial charge in [-0.15, -0.1) is 0 Å². The summed E-state index contributed by atoms with van der Waals surface area (Å²) < 4.78 is 43.4. The average Bonchev–Trinajstić information content (AvgIpc) is 2.68. The van der Waals surface area contributed by atoms with Gasteiger partial charge in [0.15, 0.2) is 11.5 Å². The quantitative estimate of drug-likeness (QED) is 0.755. The molecular weight excluding hydrogens is 358 g/mol. The highest BCUT2D eigenvalue weighted by atomic mass is 32.2. The maximum absolute atomic E-state index is 12.9. The zero-order valence-corrected chi connectivity index (χ0v) is 15.5. The molecule has 8 nitrogen and oxygen atoms in total. The molecule has 9 heteroatoms. The summed E-state index contributed by atoms with van der Waals surface area (Å²) in [6.45, 7) is 0.753. The molecule has 0 radical (unpaired) electrons. The monoisotopic (exact) mass is 379 g/mol. The van der Waals surface area contributed by atoms with E-state index in [1.54, 1.807) is 24.7 Å². The summed E-state index contributed by atoms with van der Waals surface area (Å²) in [4.78, 5) is 8.22. The van der Waals surface area contributed by atoms with Crippen LogP contribution in [-0.4, -0.2) is 56.1 Å².